The van der Waals surface area contributed by atoms with Gasteiger partial charge >= 0.3 is 6.03 Å². The molecule has 2 N–H and O–H groups in total. The van der Waals surface area contributed by atoms with E-state index in [0.29, 0.717) is 12.3 Å². The quantitative estimate of drug-likeness (QED) is 0.913. The van der Waals surface area contributed by atoms with Crippen LogP contribution in [0.1, 0.15) is 23.8 Å². The molecule has 1 aromatic heterocycles. The third-order valence-electron chi connectivity index (χ3n) is 3.32. The number of thioether (sulfide) groups is 1. The second-order valence-corrected chi connectivity index (χ2v) is 5.91. The lowest BCUT2D eigenvalue weighted by Gasteiger charge is -2.26. The molecule has 0 spiro atoms. The first-order valence-electron chi connectivity index (χ1n) is 6.71. The normalized spacial score (nSPS) is 17.1. The van der Waals surface area contributed by atoms with E-state index in [1.54, 1.807) is 36.2 Å². The summed E-state index contributed by atoms with van der Waals surface area (Å²) in [6, 6.07) is 7.84. The lowest BCUT2D eigenvalue weighted by molar-refractivity contribution is 0.235. The fourth-order valence-electron chi connectivity index (χ4n) is 2.31. The third-order valence-corrected chi connectivity index (χ3v) is 4.44. The van der Waals surface area contributed by atoms with E-state index >= 15 is 0 Å². The Labute approximate surface area is 126 Å². The van der Waals surface area contributed by atoms with Gasteiger partial charge in [-0.05, 0) is 42.3 Å². The van der Waals surface area contributed by atoms with Gasteiger partial charge in [-0.3, -0.25) is 0 Å². The van der Waals surface area contributed by atoms with E-state index in [2.05, 4.69) is 10.6 Å². The molecular formula is C15H15FN2O2S. The number of halogens is 1. The molecule has 1 aliphatic rings. The van der Waals surface area contributed by atoms with Crippen LogP contribution in [0.2, 0.25) is 0 Å². The minimum absolute atomic E-state index is 0.159. The summed E-state index contributed by atoms with van der Waals surface area (Å²) >= 11 is 1.69. The highest BCUT2D eigenvalue weighted by Crippen LogP contribution is 2.36. The summed E-state index contributed by atoms with van der Waals surface area (Å²) in [6.45, 7) is 0.330. The zero-order valence-electron chi connectivity index (χ0n) is 11.3. The van der Waals surface area contributed by atoms with Crippen molar-refractivity contribution >= 4 is 17.8 Å². The Hall–Kier alpha value is -1.95. The average molecular weight is 306 g/mol. The number of benzene rings is 1. The Morgan fingerprint density at radius 2 is 2.33 bits per heavy atom. The molecule has 21 heavy (non-hydrogen) atoms. The Balaban J connectivity index is 1.63. The Morgan fingerprint density at radius 3 is 3.14 bits per heavy atom. The number of furan rings is 1. The van der Waals surface area contributed by atoms with E-state index < -0.39 is 0 Å². The summed E-state index contributed by atoms with van der Waals surface area (Å²) in [5, 5.41) is 5.63. The summed E-state index contributed by atoms with van der Waals surface area (Å²) < 4.78 is 18.5. The number of amides is 2. The molecule has 1 aliphatic heterocycles. The predicted molar refractivity (Wildman–Crippen MR) is 78.6 cm³/mol. The zero-order chi connectivity index (χ0) is 14.7. The maximum Gasteiger partial charge on any atom is 0.315 e. The molecule has 6 heteroatoms. The van der Waals surface area contributed by atoms with Crippen LogP contribution in [-0.2, 0) is 6.54 Å². The Kier molecular flexibility index (Phi) is 4.15. The van der Waals surface area contributed by atoms with Crippen LogP contribution in [0.3, 0.4) is 0 Å². The highest BCUT2D eigenvalue weighted by Gasteiger charge is 2.22. The van der Waals surface area contributed by atoms with Gasteiger partial charge in [0.05, 0.1) is 18.8 Å². The summed E-state index contributed by atoms with van der Waals surface area (Å²) in [4.78, 5) is 13.0. The molecule has 0 aliphatic carbocycles. The van der Waals surface area contributed by atoms with Gasteiger partial charge in [-0.2, -0.15) is 0 Å². The molecule has 0 fully saturated rings. The standard InChI is InChI=1S/C15H15FN2O2S/c16-10-3-4-14-12(8-10)13(5-7-21-14)18-15(19)17-9-11-2-1-6-20-11/h1-4,6,8,13H,5,7,9H2,(H2,17,18,19). The lowest BCUT2D eigenvalue weighted by atomic mass is 10.0. The first-order chi connectivity index (χ1) is 10.2. The van der Waals surface area contributed by atoms with Gasteiger partial charge in [0.15, 0.2) is 0 Å². The number of fused-ring (bicyclic) bond motifs is 1. The number of carbonyl (C=O) groups is 1. The van der Waals surface area contributed by atoms with Crippen molar-refractivity contribution in [2.75, 3.05) is 5.75 Å². The Bertz CT molecular complexity index is 631. The molecule has 0 saturated carbocycles. The van der Waals surface area contributed by atoms with E-state index in [9.17, 15) is 9.18 Å². The maximum atomic E-state index is 13.4. The summed E-state index contributed by atoms with van der Waals surface area (Å²) in [5.41, 5.74) is 0.847. The highest BCUT2D eigenvalue weighted by molar-refractivity contribution is 7.99. The van der Waals surface area contributed by atoms with Crippen molar-refractivity contribution in [3.8, 4) is 0 Å². The van der Waals surface area contributed by atoms with Gasteiger partial charge < -0.3 is 15.1 Å². The number of hydrogen-bond acceptors (Lipinski definition) is 3. The van der Waals surface area contributed by atoms with Crippen LogP contribution in [0, 0.1) is 5.82 Å². The molecule has 1 atom stereocenters. The van der Waals surface area contributed by atoms with Crippen molar-refractivity contribution in [2.24, 2.45) is 0 Å². The van der Waals surface area contributed by atoms with Gasteiger partial charge in [-0.15, -0.1) is 11.8 Å². The summed E-state index contributed by atoms with van der Waals surface area (Å²) in [6.07, 6.45) is 2.35. The van der Waals surface area contributed by atoms with E-state index in [-0.39, 0.29) is 17.9 Å². The van der Waals surface area contributed by atoms with Gasteiger partial charge in [0.1, 0.15) is 11.6 Å². The number of hydrogen-bond donors (Lipinski definition) is 2. The topological polar surface area (TPSA) is 54.3 Å². The van der Waals surface area contributed by atoms with E-state index in [1.165, 1.54) is 12.1 Å². The summed E-state index contributed by atoms with van der Waals surface area (Å²) in [7, 11) is 0. The van der Waals surface area contributed by atoms with Crippen molar-refractivity contribution in [1.82, 2.24) is 10.6 Å². The number of urea groups is 1. The highest BCUT2D eigenvalue weighted by atomic mass is 32.2. The Morgan fingerprint density at radius 1 is 1.43 bits per heavy atom. The van der Waals surface area contributed by atoms with Crippen LogP contribution in [0.15, 0.2) is 45.9 Å². The monoisotopic (exact) mass is 306 g/mol. The van der Waals surface area contributed by atoms with Gasteiger partial charge in [0, 0.05) is 10.6 Å². The van der Waals surface area contributed by atoms with Crippen molar-refractivity contribution < 1.29 is 13.6 Å². The first-order valence-corrected chi connectivity index (χ1v) is 7.70. The lowest BCUT2D eigenvalue weighted by Crippen LogP contribution is -2.38. The van der Waals surface area contributed by atoms with Crippen LogP contribution in [0.4, 0.5) is 9.18 Å². The fourth-order valence-corrected chi connectivity index (χ4v) is 3.41. The van der Waals surface area contributed by atoms with Crippen molar-refractivity contribution in [1.29, 1.82) is 0 Å². The molecule has 0 radical (unpaired) electrons. The van der Waals surface area contributed by atoms with Gasteiger partial charge in [0.25, 0.3) is 0 Å². The minimum Gasteiger partial charge on any atom is -0.467 e. The molecule has 2 heterocycles. The number of nitrogens with one attached hydrogen (secondary N) is 2. The summed E-state index contributed by atoms with van der Waals surface area (Å²) in [5.74, 6) is 1.32. The minimum atomic E-state index is -0.279. The second kappa shape index (κ2) is 6.22. The molecule has 0 bridgehead atoms. The molecule has 2 amide bonds. The maximum absolute atomic E-state index is 13.4. The van der Waals surface area contributed by atoms with E-state index in [4.69, 9.17) is 4.42 Å². The second-order valence-electron chi connectivity index (χ2n) is 4.78. The van der Waals surface area contributed by atoms with Crippen LogP contribution in [0.5, 0.6) is 0 Å². The molecule has 4 nitrogen and oxygen atoms in total. The molecule has 110 valence electrons. The molecule has 1 aromatic carbocycles. The largest absolute Gasteiger partial charge is 0.467 e. The van der Waals surface area contributed by atoms with E-state index in [0.717, 1.165) is 22.6 Å². The van der Waals surface area contributed by atoms with Crippen molar-refractivity contribution in [3.63, 3.8) is 0 Å². The molecule has 1 unspecified atom stereocenters. The number of rotatable bonds is 3. The van der Waals surface area contributed by atoms with Crippen LogP contribution < -0.4 is 10.6 Å². The van der Waals surface area contributed by atoms with Crippen LogP contribution in [-0.4, -0.2) is 11.8 Å². The molecule has 2 aromatic rings. The SMILES string of the molecule is O=C(NCc1ccco1)NC1CCSc2ccc(F)cc21. The van der Waals surface area contributed by atoms with Crippen molar-refractivity contribution in [3.05, 3.63) is 53.7 Å². The zero-order valence-corrected chi connectivity index (χ0v) is 12.1. The number of carbonyl (C=O) groups excluding carboxylic acids is 1. The molecule has 3 rings (SSSR count). The van der Waals surface area contributed by atoms with Crippen LogP contribution in [0.25, 0.3) is 0 Å². The van der Waals surface area contributed by atoms with E-state index in [1.807, 2.05) is 0 Å². The average Bonchev–Trinajstić information content (AvgIpc) is 2.99. The van der Waals surface area contributed by atoms with Crippen LogP contribution >= 0.6 is 11.8 Å². The predicted octanol–water partition coefficient (Wildman–Crippen LogP) is 3.46. The van der Waals surface area contributed by atoms with Gasteiger partial charge in [0.2, 0.25) is 0 Å². The third kappa shape index (κ3) is 3.39. The van der Waals surface area contributed by atoms with Gasteiger partial charge in [-0.25, -0.2) is 9.18 Å². The smallest absolute Gasteiger partial charge is 0.315 e. The fraction of sp³-hybridized carbons (Fsp3) is 0.267. The molecular weight excluding hydrogens is 291 g/mol. The van der Waals surface area contributed by atoms with Gasteiger partial charge in [-0.1, -0.05) is 0 Å². The van der Waals surface area contributed by atoms with Crippen molar-refractivity contribution in [2.45, 2.75) is 23.9 Å². The first kappa shape index (κ1) is 14.0. The molecule has 0 saturated heterocycles.